The molecular weight excluding hydrogens is 212 g/mol. The maximum absolute atomic E-state index is 12.2. The highest BCUT2D eigenvalue weighted by atomic mass is 16.2. The van der Waals surface area contributed by atoms with E-state index in [2.05, 4.69) is 12.2 Å². The molecule has 0 radical (unpaired) electrons. The molecule has 2 fully saturated rings. The van der Waals surface area contributed by atoms with Crippen LogP contribution in [0.1, 0.15) is 64.7 Å². The fourth-order valence-corrected chi connectivity index (χ4v) is 3.28. The first-order chi connectivity index (χ1) is 8.04. The third-order valence-electron chi connectivity index (χ3n) is 4.71. The van der Waals surface area contributed by atoms with E-state index in [-0.39, 0.29) is 16.9 Å². The second kappa shape index (κ2) is 4.97. The monoisotopic (exact) mass is 238 g/mol. The first kappa shape index (κ1) is 12.9. The lowest BCUT2D eigenvalue weighted by Crippen LogP contribution is -2.53. The smallest absolute Gasteiger partial charge is 0.226 e. The number of nitrogens with two attached hydrogens (primary N) is 1. The van der Waals surface area contributed by atoms with Crippen molar-refractivity contribution in [1.82, 2.24) is 5.32 Å². The Balaban J connectivity index is 1.83. The molecule has 2 aliphatic carbocycles. The summed E-state index contributed by atoms with van der Waals surface area (Å²) in [6, 6.07) is 0. The molecule has 0 aromatic carbocycles. The van der Waals surface area contributed by atoms with Crippen molar-refractivity contribution in [2.24, 2.45) is 11.1 Å². The van der Waals surface area contributed by atoms with Crippen LogP contribution in [0.5, 0.6) is 0 Å². The molecule has 98 valence electrons. The van der Waals surface area contributed by atoms with Crippen molar-refractivity contribution in [3.05, 3.63) is 0 Å². The molecule has 0 heterocycles. The summed E-state index contributed by atoms with van der Waals surface area (Å²) in [5, 5.41) is 3.11. The van der Waals surface area contributed by atoms with Gasteiger partial charge in [-0.1, -0.05) is 39.0 Å². The average molecular weight is 238 g/mol. The lowest BCUT2D eigenvalue weighted by atomic mass is 9.82. The largest absolute Gasteiger partial charge is 0.354 e. The van der Waals surface area contributed by atoms with Gasteiger partial charge >= 0.3 is 0 Å². The number of carbonyl (C=O) groups is 1. The second-order valence-electron chi connectivity index (χ2n) is 6.37. The molecule has 2 aliphatic rings. The van der Waals surface area contributed by atoms with Crippen molar-refractivity contribution in [2.45, 2.75) is 70.3 Å². The SMILES string of the molecule is CC1(C(=O)NCC2(N)CCCCC2)CCCC1. The molecule has 0 aromatic rings. The van der Waals surface area contributed by atoms with E-state index in [9.17, 15) is 4.79 Å². The zero-order valence-corrected chi connectivity index (χ0v) is 11.1. The molecule has 1 amide bonds. The van der Waals surface area contributed by atoms with Crippen LogP contribution < -0.4 is 11.1 Å². The summed E-state index contributed by atoms with van der Waals surface area (Å²) >= 11 is 0. The van der Waals surface area contributed by atoms with E-state index in [1.165, 1.54) is 32.1 Å². The molecular formula is C14H26N2O. The van der Waals surface area contributed by atoms with Crippen LogP contribution in [-0.4, -0.2) is 18.0 Å². The van der Waals surface area contributed by atoms with Gasteiger partial charge in [0.15, 0.2) is 0 Å². The molecule has 2 saturated carbocycles. The van der Waals surface area contributed by atoms with Crippen molar-refractivity contribution in [2.75, 3.05) is 6.54 Å². The second-order valence-corrected chi connectivity index (χ2v) is 6.37. The highest BCUT2D eigenvalue weighted by Gasteiger charge is 2.37. The number of carbonyl (C=O) groups excluding carboxylic acids is 1. The number of nitrogens with one attached hydrogen (secondary N) is 1. The van der Waals surface area contributed by atoms with Crippen LogP contribution in [0.4, 0.5) is 0 Å². The van der Waals surface area contributed by atoms with Crippen LogP contribution >= 0.6 is 0 Å². The molecule has 0 unspecified atom stereocenters. The van der Waals surface area contributed by atoms with Gasteiger partial charge in [-0.25, -0.2) is 0 Å². The summed E-state index contributed by atoms with van der Waals surface area (Å²) in [6.45, 7) is 2.76. The number of hydrogen-bond acceptors (Lipinski definition) is 2. The Labute approximate surface area is 105 Å². The van der Waals surface area contributed by atoms with E-state index in [4.69, 9.17) is 5.73 Å². The van der Waals surface area contributed by atoms with Crippen molar-refractivity contribution in [3.8, 4) is 0 Å². The van der Waals surface area contributed by atoms with Gasteiger partial charge in [-0.15, -0.1) is 0 Å². The molecule has 0 aromatic heterocycles. The van der Waals surface area contributed by atoms with Crippen molar-refractivity contribution >= 4 is 5.91 Å². The van der Waals surface area contributed by atoms with Gasteiger partial charge in [0.05, 0.1) is 0 Å². The summed E-state index contributed by atoms with van der Waals surface area (Å²) in [4.78, 5) is 12.2. The minimum atomic E-state index is -0.136. The molecule has 0 aliphatic heterocycles. The van der Waals surface area contributed by atoms with Crippen LogP contribution in [0.2, 0.25) is 0 Å². The van der Waals surface area contributed by atoms with Crippen LogP contribution in [0.15, 0.2) is 0 Å². The topological polar surface area (TPSA) is 55.1 Å². The van der Waals surface area contributed by atoms with Crippen LogP contribution in [0, 0.1) is 5.41 Å². The third kappa shape index (κ3) is 3.01. The molecule has 2 rings (SSSR count). The minimum absolute atomic E-state index is 0.120. The summed E-state index contributed by atoms with van der Waals surface area (Å²) in [5.41, 5.74) is 6.08. The molecule has 3 heteroatoms. The Bertz CT molecular complexity index is 276. The van der Waals surface area contributed by atoms with Crippen molar-refractivity contribution in [3.63, 3.8) is 0 Å². The van der Waals surface area contributed by atoms with Crippen molar-refractivity contribution < 1.29 is 4.79 Å². The molecule has 17 heavy (non-hydrogen) atoms. The maximum atomic E-state index is 12.2. The highest BCUT2D eigenvalue weighted by Crippen LogP contribution is 2.37. The minimum Gasteiger partial charge on any atom is -0.354 e. The summed E-state index contributed by atoms with van der Waals surface area (Å²) in [7, 11) is 0. The maximum Gasteiger partial charge on any atom is 0.226 e. The number of hydrogen-bond donors (Lipinski definition) is 2. The van der Waals surface area contributed by atoms with Crippen LogP contribution in [0.25, 0.3) is 0 Å². The van der Waals surface area contributed by atoms with Gasteiger partial charge in [0, 0.05) is 17.5 Å². The number of amides is 1. The van der Waals surface area contributed by atoms with Gasteiger partial charge in [0.2, 0.25) is 5.91 Å². The van der Waals surface area contributed by atoms with Gasteiger partial charge in [-0.05, 0) is 25.7 Å². The third-order valence-corrected chi connectivity index (χ3v) is 4.71. The van der Waals surface area contributed by atoms with Gasteiger partial charge in [0.1, 0.15) is 0 Å². The predicted molar refractivity (Wildman–Crippen MR) is 69.6 cm³/mol. The zero-order valence-electron chi connectivity index (χ0n) is 11.1. The fraction of sp³-hybridized carbons (Fsp3) is 0.929. The van der Waals surface area contributed by atoms with Crippen LogP contribution in [0.3, 0.4) is 0 Å². The highest BCUT2D eigenvalue weighted by molar-refractivity contribution is 5.82. The Kier molecular flexibility index (Phi) is 3.76. The standard InChI is InChI=1S/C14H26N2O/c1-13(7-5-6-8-13)12(17)16-11-14(15)9-3-2-4-10-14/h2-11,15H2,1H3,(H,16,17). The zero-order chi connectivity index (χ0) is 12.4. The van der Waals surface area contributed by atoms with E-state index in [1.807, 2.05) is 0 Å². The average Bonchev–Trinajstić information content (AvgIpc) is 2.75. The Morgan fingerprint density at radius 2 is 1.59 bits per heavy atom. The summed E-state index contributed by atoms with van der Waals surface area (Å²) < 4.78 is 0. The van der Waals surface area contributed by atoms with Crippen LogP contribution in [-0.2, 0) is 4.79 Å². The van der Waals surface area contributed by atoms with E-state index >= 15 is 0 Å². The Morgan fingerprint density at radius 3 is 2.18 bits per heavy atom. The van der Waals surface area contributed by atoms with Gasteiger partial charge in [-0.3, -0.25) is 4.79 Å². The molecule has 0 atom stereocenters. The van der Waals surface area contributed by atoms with E-state index in [0.29, 0.717) is 6.54 Å². The Morgan fingerprint density at radius 1 is 1.06 bits per heavy atom. The van der Waals surface area contributed by atoms with E-state index < -0.39 is 0 Å². The molecule has 0 bridgehead atoms. The summed E-state index contributed by atoms with van der Waals surface area (Å²) in [5.74, 6) is 0.227. The molecule has 3 N–H and O–H groups in total. The van der Waals surface area contributed by atoms with Gasteiger partial charge < -0.3 is 11.1 Å². The first-order valence-corrected chi connectivity index (χ1v) is 7.11. The van der Waals surface area contributed by atoms with E-state index in [1.54, 1.807) is 0 Å². The number of rotatable bonds is 3. The molecule has 0 spiro atoms. The van der Waals surface area contributed by atoms with Gasteiger partial charge in [-0.2, -0.15) is 0 Å². The fourth-order valence-electron chi connectivity index (χ4n) is 3.28. The lowest BCUT2D eigenvalue weighted by Gasteiger charge is -2.34. The Hall–Kier alpha value is -0.570. The predicted octanol–water partition coefficient (Wildman–Crippen LogP) is 2.34. The van der Waals surface area contributed by atoms with Gasteiger partial charge in [0.25, 0.3) is 0 Å². The summed E-state index contributed by atoms with van der Waals surface area (Å²) in [6.07, 6.45) is 10.3. The quantitative estimate of drug-likeness (QED) is 0.793. The first-order valence-electron chi connectivity index (χ1n) is 7.11. The molecule has 3 nitrogen and oxygen atoms in total. The lowest BCUT2D eigenvalue weighted by molar-refractivity contribution is -0.130. The normalized spacial score (nSPS) is 26.7. The van der Waals surface area contributed by atoms with Crippen molar-refractivity contribution in [1.29, 1.82) is 0 Å². The molecule has 0 saturated heterocycles. The van der Waals surface area contributed by atoms with E-state index in [0.717, 1.165) is 25.7 Å².